The molecule has 0 N–H and O–H groups in total. The maximum atomic E-state index is 5.34. The van der Waals surface area contributed by atoms with Gasteiger partial charge in [-0.15, -0.1) is 0 Å². The van der Waals surface area contributed by atoms with E-state index < -0.39 is 0 Å². The molecule has 0 saturated carbocycles. The number of likely N-dealkylation sites (tertiary alicyclic amines) is 1. The van der Waals surface area contributed by atoms with Crippen molar-refractivity contribution in [2.75, 3.05) is 26.7 Å². The maximum Gasteiger partial charge on any atom is 0.179 e. The number of pyridine rings is 1. The Bertz CT molecular complexity index is 543. The van der Waals surface area contributed by atoms with Gasteiger partial charge in [0.2, 0.25) is 0 Å². The van der Waals surface area contributed by atoms with Crippen LogP contribution in [0, 0.1) is 0 Å². The number of fused-ring (bicyclic) bond motifs is 1. The Hall–Kier alpha value is -1.55. The summed E-state index contributed by atoms with van der Waals surface area (Å²) in [5.74, 6) is 0.840. The first kappa shape index (κ1) is 12.5. The van der Waals surface area contributed by atoms with Gasteiger partial charge in [0.15, 0.2) is 11.4 Å². The van der Waals surface area contributed by atoms with Crippen LogP contribution in [0.5, 0.6) is 5.75 Å². The number of hydrogen-bond donors (Lipinski definition) is 0. The number of rotatable bonds is 4. The molecule has 1 aliphatic rings. The molecule has 0 spiro atoms. The van der Waals surface area contributed by atoms with Gasteiger partial charge in [-0.05, 0) is 38.1 Å². The molecular formula is C15H21N3O. The zero-order chi connectivity index (χ0) is 13.1. The fourth-order valence-corrected chi connectivity index (χ4v) is 2.77. The monoisotopic (exact) mass is 259 g/mol. The molecule has 1 fully saturated rings. The lowest BCUT2D eigenvalue weighted by Crippen LogP contribution is -2.31. The Labute approximate surface area is 114 Å². The Balaban J connectivity index is 1.70. The van der Waals surface area contributed by atoms with Crippen LogP contribution in [0.4, 0.5) is 0 Å². The van der Waals surface area contributed by atoms with Crippen LogP contribution in [-0.4, -0.2) is 41.0 Å². The van der Waals surface area contributed by atoms with Gasteiger partial charge in [-0.3, -0.25) is 0 Å². The second-order valence-electron chi connectivity index (χ2n) is 5.19. The summed E-state index contributed by atoms with van der Waals surface area (Å²) in [6.45, 7) is 3.61. The number of methoxy groups -OCH3 is 1. The molecule has 0 amide bonds. The first-order chi connectivity index (χ1) is 9.36. The third-order valence-corrected chi connectivity index (χ3v) is 3.85. The summed E-state index contributed by atoms with van der Waals surface area (Å²) in [4.78, 5) is 7.23. The van der Waals surface area contributed by atoms with Gasteiger partial charge in [-0.25, -0.2) is 4.98 Å². The fourth-order valence-electron chi connectivity index (χ4n) is 2.77. The van der Waals surface area contributed by atoms with E-state index in [4.69, 9.17) is 4.74 Å². The maximum absolute atomic E-state index is 5.34. The summed E-state index contributed by atoms with van der Waals surface area (Å²) in [6, 6.07) is 3.94. The zero-order valence-electron chi connectivity index (χ0n) is 11.5. The molecule has 0 unspecified atom stereocenters. The molecule has 0 atom stereocenters. The molecule has 102 valence electrons. The Morgan fingerprint density at radius 3 is 2.89 bits per heavy atom. The third kappa shape index (κ3) is 2.73. The number of aromatic nitrogens is 2. The number of imidazole rings is 1. The molecule has 0 aliphatic carbocycles. The summed E-state index contributed by atoms with van der Waals surface area (Å²) >= 11 is 0. The van der Waals surface area contributed by atoms with Crippen molar-refractivity contribution < 1.29 is 4.74 Å². The molecule has 2 aromatic rings. The van der Waals surface area contributed by atoms with Crippen molar-refractivity contribution in [2.24, 2.45) is 0 Å². The lowest BCUT2D eigenvalue weighted by molar-refractivity contribution is 0.231. The minimum absolute atomic E-state index is 0.840. The normalized spacial score (nSPS) is 16.9. The van der Waals surface area contributed by atoms with Gasteiger partial charge < -0.3 is 14.0 Å². The molecule has 2 aromatic heterocycles. The van der Waals surface area contributed by atoms with Crippen LogP contribution in [0.25, 0.3) is 5.65 Å². The predicted molar refractivity (Wildman–Crippen MR) is 75.7 cm³/mol. The lowest BCUT2D eigenvalue weighted by atomic mass is 10.1. The van der Waals surface area contributed by atoms with Gasteiger partial charge in [-0.2, -0.15) is 0 Å². The van der Waals surface area contributed by atoms with E-state index in [1.165, 1.54) is 32.4 Å². The van der Waals surface area contributed by atoms with Gasteiger partial charge in [0.25, 0.3) is 0 Å². The number of piperidine rings is 1. The van der Waals surface area contributed by atoms with Crippen molar-refractivity contribution in [3.05, 3.63) is 30.2 Å². The molecule has 19 heavy (non-hydrogen) atoms. The van der Waals surface area contributed by atoms with Crippen molar-refractivity contribution in [2.45, 2.75) is 25.7 Å². The van der Waals surface area contributed by atoms with Crippen molar-refractivity contribution in [1.82, 2.24) is 14.3 Å². The van der Waals surface area contributed by atoms with Crippen molar-refractivity contribution in [3.63, 3.8) is 0 Å². The molecule has 0 radical (unpaired) electrons. The van der Waals surface area contributed by atoms with Crippen LogP contribution in [-0.2, 0) is 6.42 Å². The Kier molecular flexibility index (Phi) is 3.69. The molecule has 1 aliphatic heterocycles. The SMILES string of the molecule is COc1cccn2cc(CCN3CCCCC3)nc12. The van der Waals surface area contributed by atoms with Crippen LogP contribution in [0.15, 0.2) is 24.5 Å². The Morgan fingerprint density at radius 1 is 1.26 bits per heavy atom. The molecule has 1 saturated heterocycles. The minimum Gasteiger partial charge on any atom is -0.493 e. The molecule has 0 aromatic carbocycles. The molecule has 4 nitrogen and oxygen atoms in total. The first-order valence-corrected chi connectivity index (χ1v) is 7.10. The van der Waals surface area contributed by atoms with Crippen LogP contribution >= 0.6 is 0 Å². The van der Waals surface area contributed by atoms with Crippen molar-refractivity contribution in [1.29, 1.82) is 0 Å². The van der Waals surface area contributed by atoms with E-state index in [9.17, 15) is 0 Å². The number of hydrogen-bond acceptors (Lipinski definition) is 3. The summed E-state index contributed by atoms with van der Waals surface area (Å²) < 4.78 is 7.39. The third-order valence-electron chi connectivity index (χ3n) is 3.85. The standard InChI is InChI=1S/C15H21N3O/c1-19-14-6-5-10-18-12-13(16-15(14)18)7-11-17-8-3-2-4-9-17/h5-6,10,12H,2-4,7-9,11H2,1H3. The quantitative estimate of drug-likeness (QED) is 0.844. The second kappa shape index (κ2) is 5.61. The minimum atomic E-state index is 0.840. The van der Waals surface area contributed by atoms with Gasteiger partial charge in [-0.1, -0.05) is 6.42 Å². The topological polar surface area (TPSA) is 29.8 Å². The van der Waals surface area contributed by atoms with E-state index in [-0.39, 0.29) is 0 Å². The predicted octanol–water partition coefficient (Wildman–Crippen LogP) is 2.37. The van der Waals surface area contributed by atoms with E-state index in [1.54, 1.807) is 7.11 Å². The van der Waals surface area contributed by atoms with Gasteiger partial charge >= 0.3 is 0 Å². The summed E-state index contributed by atoms with van der Waals surface area (Å²) in [6.07, 6.45) is 9.24. The van der Waals surface area contributed by atoms with Gasteiger partial charge in [0.1, 0.15) is 0 Å². The van der Waals surface area contributed by atoms with Crippen LogP contribution < -0.4 is 4.74 Å². The van der Waals surface area contributed by atoms with E-state index in [0.717, 1.165) is 30.1 Å². The average Bonchev–Trinajstić information content (AvgIpc) is 2.89. The largest absolute Gasteiger partial charge is 0.493 e. The highest BCUT2D eigenvalue weighted by molar-refractivity contribution is 5.54. The van der Waals surface area contributed by atoms with Gasteiger partial charge in [0, 0.05) is 25.4 Å². The fraction of sp³-hybridized carbons (Fsp3) is 0.533. The van der Waals surface area contributed by atoms with Crippen molar-refractivity contribution >= 4 is 5.65 Å². The summed E-state index contributed by atoms with van der Waals surface area (Å²) in [5, 5.41) is 0. The van der Waals surface area contributed by atoms with Crippen molar-refractivity contribution in [3.8, 4) is 5.75 Å². The highest BCUT2D eigenvalue weighted by Gasteiger charge is 2.11. The zero-order valence-corrected chi connectivity index (χ0v) is 11.5. The van der Waals surface area contributed by atoms with Crippen LogP contribution in [0.1, 0.15) is 25.0 Å². The van der Waals surface area contributed by atoms with E-state index in [2.05, 4.69) is 16.1 Å². The lowest BCUT2D eigenvalue weighted by Gasteiger charge is -2.25. The smallest absolute Gasteiger partial charge is 0.179 e. The van der Waals surface area contributed by atoms with E-state index in [1.807, 2.05) is 22.7 Å². The molecule has 3 heterocycles. The van der Waals surface area contributed by atoms with Crippen LogP contribution in [0.3, 0.4) is 0 Å². The van der Waals surface area contributed by atoms with E-state index in [0.29, 0.717) is 0 Å². The molecule has 3 rings (SSSR count). The first-order valence-electron chi connectivity index (χ1n) is 7.10. The summed E-state index contributed by atoms with van der Waals surface area (Å²) in [5.41, 5.74) is 2.06. The van der Waals surface area contributed by atoms with Gasteiger partial charge in [0.05, 0.1) is 12.8 Å². The average molecular weight is 259 g/mol. The Morgan fingerprint density at radius 2 is 2.11 bits per heavy atom. The second-order valence-corrected chi connectivity index (χ2v) is 5.19. The molecule has 0 bridgehead atoms. The molecular weight excluding hydrogens is 238 g/mol. The highest BCUT2D eigenvalue weighted by atomic mass is 16.5. The molecule has 4 heteroatoms. The summed E-state index contributed by atoms with van der Waals surface area (Å²) in [7, 11) is 1.69. The number of ether oxygens (including phenoxy) is 1. The van der Waals surface area contributed by atoms with Crippen LogP contribution in [0.2, 0.25) is 0 Å². The number of nitrogens with zero attached hydrogens (tertiary/aromatic N) is 3. The highest BCUT2D eigenvalue weighted by Crippen LogP contribution is 2.18. The van der Waals surface area contributed by atoms with E-state index >= 15 is 0 Å².